The van der Waals surface area contributed by atoms with E-state index in [1.165, 1.54) is 11.1 Å². The highest BCUT2D eigenvalue weighted by Crippen LogP contribution is 2.50. The number of allylic oxidation sites excluding steroid dienone is 2. The number of anilines is 1. The molecule has 0 radical (unpaired) electrons. The lowest BCUT2D eigenvalue weighted by molar-refractivity contribution is 0.0958. The average molecular weight is 409 g/mol. The van der Waals surface area contributed by atoms with Crippen LogP contribution in [0.3, 0.4) is 0 Å². The van der Waals surface area contributed by atoms with Crippen molar-refractivity contribution in [3.05, 3.63) is 88.4 Å². The molecule has 2 aromatic rings. The van der Waals surface area contributed by atoms with Crippen molar-refractivity contribution in [2.75, 3.05) is 11.9 Å². The van der Waals surface area contributed by atoms with Gasteiger partial charge in [0.2, 0.25) is 0 Å². The summed E-state index contributed by atoms with van der Waals surface area (Å²) < 4.78 is 1.07. The average Bonchev–Trinajstić information content (AvgIpc) is 3.16. The molecule has 1 aliphatic heterocycles. The predicted molar refractivity (Wildman–Crippen MR) is 109 cm³/mol. The number of hydrogen-bond acceptors (Lipinski definition) is 2. The van der Waals surface area contributed by atoms with Gasteiger partial charge in [0.05, 0.1) is 17.3 Å². The SMILES string of the molecule is C=CCNC(=O)c1cccc2c1NC(c1ccc(Br)cc1)C1CC=CC21. The third-order valence-electron chi connectivity index (χ3n) is 5.28. The summed E-state index contributed by atoms with van der Waals surface area (Å²) >= 11 is 3.51. The van der Waals surface area contributed by atoms with Crippen molar-refractivity contribution in [1.29, 1.82) is 0 Å². The molecule has 1 heterocycles. The molecule has 1 aliphatic carbocycles. The fourth-order valence-electron chi connectivity index (χ4n) is 4.07. The summed E-state index contributed by atoms with van der Waals surface area (Å²) in [5, 5.41) is 6.59. The van der Waals surface area contributed by atoms with E-state index in [1.54, 1.807) is 6.08 Å². The van der Waals surface area contributed by atoms with Crippen molar-refractivity contribution in [1.82, 2.24) is 5.32 Å². The number of amides is 1. The Morgan fingerprint density at radius 3 is 2.85 bits per heavy atom. The maximum Gasteiger partial charge on any atom is 0.253 e. The molecule has 0 spiro atoms. The molecule has 2 aromatic carbocycles. The number of carbonyl (C=O) groups is 1. The minimum atomic E-state index is -0.0655. The Morgan fingerprint density at radius 2 is 2.08 bits per heavy atom. The van der Waals surface area contributed by atoms with E-state index in [1.807, 2.05) is 12.1 Å². The van der Waals surface area contributed by atoms with Crippen LogP contribution in [0.25, 0.3) is 0 Å². The molecule has 0 saturated carbocycles. The molecule has 0 aromatic heterocycles. The Labute approximate surface area is 162 Å². The highest BCUT2D eigenvalue weighted by Gasteiger charge is 2.39. The lowest BCUT2D eigenvalue weighted by Gasteiger charge is -2.38. The van der Waals surface area contributed by atoms with Gasteiger partial charge in [0.1, 0.15) is 0 Å². The Bertz CT molecular complexity index is 872. The summed E-state index contributed by atoms with van der Waals surface area (Å²) in [6, 6.07) is 14.7. The smallest absolute Gasteiger partial charge is 0.253 e. The highest BCUT2D eigenvalue weighted by atomic mass is 79.9. The number of carbonyl (C=O) groups excluding carboxylic acids is 1. The zero-order valence-corrected chi connectivity index (χ0v) is 16.0. The lowest BCUT2D eigenvalue weighted by Crippen LogP contribution is -2.32. The van der Waals surface area contributed by atoms with Crippen LogP contribution in [-0.2, 0) is 0 Å². The van der Waals surface area contributed by atoms with E-state index in [9.17, 15) is 4.79 Å². The van der Waals surface area contributed by atoms with Crippen LogP contribution >= 0.6 is 15.9 Å². The number of rotatable bonds is 4. The topological polar surface area (TPSA) is 41.1 Å². The van der Waals surface area contributed by atoms with Crippen molar-refractivity contribution in [2.45, 2.75) is 18.4 Å². The van der Waals surface area contributed by atoms with E-state index in [-0.39, 0.29) is 11.9 Å². The molecule has 3 atom stereocenters. The van der Waals surface area contributed by atoms with Crippen LogP contribution in [0, 0.1) is 5.92 Å². The quantitative estimate of drug-likeness (QED) is 0.683. The zero-order valence-electron chi connectivity index (χ0n) is 14.4. The summed E-state index contributed by atoms with van der Waals surface area (Å²) in [7, 11) is 0. The molecule has 26 heavy (non-hydrogen) atoms. The monoisotopic (exact) mass is 408 g/mol. The molecule has 2 aliphatic rings. The van der Waals surface area contributed by atoms with E-state index in [4.69, 9.17) is 0 Å². The van der Waals surface area contributed by atoms with Crippen LogP contribution < -0.4 is 10.6 Å². The first-order chi connectivity index (χ1) is 12.7. The molecule has 0 saturated heterocycles. The van der Waals surface area contributed by atoms with Crippen LogP contribution in [0.2, 0.25) is 0 Å². The van der Waals surface area contributed by atoms with E-state index in [2.05, 4.69) is 75.6 Å². The van der Waals surface area contributed by atoms with Gasteiger partial charge < -0.3 is 10.6 Å². The predicted octanol–water partition coefficient (Wildman–Crippen LogP) is 5.19. The minimum Gasteiger partial charge on any atom is -0.377 e. The normalized spacial score (nSPS) is 22.9. The summed E-state index contributed by atoms with van der Waals surface area (Å²) in [4.78, 5) is 12.6. The first-order valence-corrected chi connectivity index (χ1v) is 9.69. The van der Waals surface area contributed by atoms with Crippen LogP contribution in [0.4, 0.5) is 5.69 Å². The van der Waals surface area contributed by atoms with Gasteiger partial charge >= 0.3 is 0 Å². The van der Waals surface area contributed by atoms with Crippen molar-refractivity contribution in [3.63, 3.8) is 0 Å². The van der Waals surface area contributed by atoms with Gasteiger partial charge in [-0.2, -0.15) is 0 Å². The van der Waals surface area contributed by atoms with E-state index >= 15 is 0 Å². The summed E-state index contributed by atoms with van der Waals surface area (Å²) in [6.45, 7) is 4.14. The van der Waals surface area contributed by atoms with Crippen molar-refractivity contribution < 1.29 is 4.79 Å². The van der Waals surface area contributed by atoms with E-state index in [0.29, 0.717) is 23.9 Å². The number of fused-ring (bicyclic) bond motifs is 3. The van der Waals surface area contributed by atoms with E-state index < -0.39 is 0 Å². The molecule has 4 heteroatoms. The molecule has 0 fully saturated rings. The minimum absolute atomic E-state index is 0.0655. The Balaban J connectivity index is 1.76. The summed E-state index contributed by atoms with van der Waals surface area (Å²) in [5.74, 6) is 0.742. The molecule has 3 unspecified atom stereocenters. The fourth-order valence-corrected chi connectivity index (χ4v) is 4.34. The van der Waals surface area contributed by atoms with Gasteiger partial charge in [-0.15, -0.1) is 6.58 Å². The zero-order chi connectivity index (χ0) is 18.1. The largest absolute Gasteiger partial charge is 0.377 e. The number of halogens is 1. The van der Waals surface area contributed by atoms with Gasteiger partial charge in [-0.05, 0) is 41.7 Å². The third-order valence-corrected chi connectivity index (χ3v) is 5.81. The fraction of sp³-hybridized carbons (Fsp3) is 0.227. The van der Waals surface area contributed by atoms with Crippen molar-refractivity contribution >= 4 is 27.5 Å². The third kappa shape index (κ3) is 2.99. The maximum atomic E-state index is 12.6. The molecule has 4 rings (SSSR count). The summed E-state index contributed by atoms with van der Waals surface area (Å²) in [6.07, 6.45) is 7.30. The van der Waals surface area contributed by atoms with E-state index in [0.717, 1.165) is 16.6 Å². The maximum absolute atomic E-state index is 12.6. The van der Waals surface area contributed by atoms with Crippen LogP contribution in [0.5, 0.6) is 0 Å². The van der Waals surface area contributed by atoms with Gasteiger partial charge in [0.25, 0.3) is 5.91 Å². The number of nitrogens with one attached hydrogen (secondary N) is 2. The Kier molecular flexibility index (Phi) is 4.68. The summed E-state index contributed by atoms with van der Waals surface area (Å²) in [5.41, 5.74) is 4.11. The Morgan fingerprint density at radius 1 is 1.27 bits per heavy atom. The molecule has 2 N–H and O–H groups in total. The molecular formula is C22H21BrN2O. The molecule has 1 amide bonds. The van der Waals surface area contributed by atoms with Gasteiger partial charge in [-0.1, -0.05) is 58.4 Å². The standard InChI is InChI=1S/C22H21BrN2O/c1-2-13-24-22(26)19-8-4-7-18-16-5-3-6-17(16)20(25-21(18)19)14-9-11-15(23)12-10-14/h2-5,7-12,16-17,20,25H,1,6,13H2,(H,24,26). The lowest BCUT2D eigenvalue weighted by atomic mass is 9.76. The molecule has 0 bridgehead atoms. The van der Waals surface area contributed by atoms with Crippen LogP contribution in [0.15, 0.2) is 71.7 Å². The van der Waals surface area contributed by atoms with Gasteiger partial charge in [-0.25, -0.2) is 0 Å². The molecule has 3 nitrogen and oxygen atoms in total. The van der Waals surface area contributed by atoms with Crippen molar-refractivity contribution in [3.8, 4) is 0 Å². The number of benzene rings is 2. The highest BCUT2D eigenvalue weighted by molar-refractivity contribution is 9.10. The Hall–Kier alpha value is -2.33. The van der Waals surface area contributed by atoms with Gasteiger partial charge in [0.15, 0.2) is 0 Å². The van der Waals surface area contributed by atoms with Crippen LogP contribution in [-0.4, -0.2) is 12.5 Å². The van der Waals surface area contributed by atoms with Crippen LogP contribution in [0.1, 0.15) is 39.9 Å². The second-order valence-corrected chi connectivity index (χ2v) is 7.71. The second kappa shape index (κ2) is 7.12. The first-order valence-electron chi connectivity index (χ1n) is 8.89. The molecular weight excluding hydrogens is 388 g/mol. The second-order valence-electron chi connectivity index (χ2n) is 6.80. The van der Waals surface area contributed by atoms with Gasteiger partial charge in [0, 0.05) is 16.9 Å². The van der Waals surface area contributed by atoms with Gasteiger partial charge in [-0.3, -0.25) is 4.79 Å². The first kappa shape index (κ1) is 17.1. The number of para-hydroxylation sites is 1. The molecule has 132 valence electrons. The number of hydrogen-bond donors (Lipinski definition) is 2. The van der Waals surface area contributed by atoms with Crippen molar-refractivity contribution in [2.24, 2.45) is 5.92 Å².